The van der Waals surface area contributed by atoms with Crippen LogP contribution in [0.4, 0.5) is 4.39 Å². The van der Waals surface area contributed by atoms with Crippen LogP contribution >= 0.6 is 11.6 Å². The van der Waals surface area contributed by atoms with Crippen molar-refractivity contribution in [2.45, 2.75) is 18.7 Å². The van der Waals surface area contributed by atoms with Gasteiger partial charge in [-0.25, -0.2) is 22.5 Å². The normalized spacial score (nSPS) is 11.4. The fourth-order valence-electron chi connectivity index (χ4n) is 2.66. The molecule has 3 aromatic rings. The Morgan fingerprint density at radius 2 is 1.84 bits per heavy atom. The molecule has 6 nitrogen and oxygen atoms in total. The lowest BCUT2D eigenvalue weighted by molar-refractivity contribution is 0.0981. The maximum absolute atomic E-state index is 14.0. The first-order valence-electron chi connectivity index (χ1n) is 9.38. The molecule has 0 unspecified atom stereocenters. The molecule has 9 heteroatoms. The Labute approximate surface area is 185 Å². The molecule has 1 heterocycles. The molecule has 0 fully saturated rings. The number of rotatable bonds is 7. The summed E-state index contributed by atoms with van der Waals surface area (Å²) >= 11 is 6.14. The Morgan fingerprint density at radius 1 is 1.13 bits per heavy atom. The van der Waals surface area contributed by atoms with Crippen molar-refractivity contribution in [3.8, 4) is 17.0 Å². The Bertz CT molecular complexity index is 1200. The minimum atomic E-state index is -4.06. The van der Waals surface area contributed by atoms with Crippen molar-refractivity contribution < 1.29 is 22.3 Å². The fourth-order valence-corrected chi connectivity index (χ4v) is 3.88. The van der Waals surface area contributed by atoms with E-state index in [1.807, 2.05) is 18.6 Å². The largest absolute Gasteiger partial charge is 0.493 e. The number of benzene rings is 2. The highest BCUT2D eigenvalue weighted by Gasteiger charge is 2.21. The molecule has 0 saturated carbocycles. The van der Waals surface area contributed by atoms with Crippen LogP contribution in [0.5, 0.6) is 5.75 Å². The highest BCUT2D eigenvalue weighted by molar-refractivity contribution is 7.90. The molecule has 1 N–H and O–H groups in total. The Balaban J connectivity index is 1.84. The third-order valence-corrected chi connectivity index (χ3v) is 5.76. The van der Waals surface area contributed by atoms with Crippen LogP contribution in [0.3, 0.4) is 0 Å². The van der Waals surface area contributed by atoms with Crippen molar-refractivity contribution in [2.75, 3.05) is 6.61 Å². The summed E-state index contributed by atoms with van der Waals surface area (Å²) in [5.74, 6) is -0.820. The molecule has 0 aliphatic carbocycles. The molecule has 1 amide bonds. The average Bonchev–Trinajstić information content (AvgIpc) is 2.72. The molecule has 3 rings (SSSR count). The standard InChI is InChI=1S/C22H20ClFN2O4S/c1-14(2)13-30-17-11-15(10-16(24)12-17)20-9-8-19(21(23)25-20)22(27)26-31(28,29)18-6-4-3-5-7-18/h3-12,14H,13H2,1-2H3,(H,26,27). The maximum Gasteiger partial charge on any atom is 0.268 e. The van der Waals surface area contributed by atoms with Crippen LogP contribution in [0.2, 0.25) is 5.15 Å². The van der Waals surface area contributed by atoms with E-state index in [0.717, 1.165) is 0 Å². The van der Waals surface area contributed by atoms with Crippen LogP contribution in [0, 0.1) is 11.7 Å². The van der Waals surface area contributed by atoms with Gasteiger partial charge in [0.15, 0.2) is 0 Å². The maximum atomic E-state index is 14.0. The first-order chi connectivity index (χ1) is 14.7. The van der Waals surface area contributed by atoms with Gasteiger partial charge in [-0.3, -0.25) is 4.79 Å². The Morgan fingerprint density at radius 3 is 2.48 bits per heavy atom. The summed E-state index contributed by atoms with van der Waals surface area (Å²) in [6.45, 7) is 4.37. The van der Waals surface area contributed by atoms with Crippen molar-refractivity contribution in [3.63, 3.8) is 0 Å². The van der Waals surface area contributed by atoms with Gasteiger partial charge in [-0.2, -0.15) is 0 Å². The molecule has 0 spiro atoms. The van der Waals surface area contributed by atoms with Gasteiger partial charge in [0.25, 0.3) is 15.9 Å². The second kappa shape index (κ2) is 9.45. The minimum absolute atomic E-state index is 0.0576. The monoisotopic (exact) mass is 462 g/mol. The number of carbonyl (C=O) groups is 1. The second-order valence-electron chi connectivity index (χ2n) is 7.16. The molecule has 1 aromatic heterocycles. The fraction of sp³-hybridized carbons (Fsp3) is 0.182. The summed E-state index contributed by atoms with van der Waals surface area (Å²) in [6.07, 6.45) is 0. The topological polar surface area (TPSA) is 85.4 Å². The lowest BCUT2D eigenvalue weighted by Gasteiger charge is -2.11. The van der Waals surface area contributed by atoms with Gasteiger partial charge in [0.05, 0.1) is 22.8 Å². The number of hydrogen-bond acceptors (Lipinski definition) is 5. The number of amides is 1. The van der Waals surface area contributed by atoms with E-state index in [1.165, 1.54) is 36.4 Å². The van der Waals surface area contributed by atoms with E-state index in [1.54, 1.807) is 24.3 Å². The molecular formula is C22H20ClFN2O4S. The van der Waals surface area contributed by atoms with Crippen molar-refractivity contribution in [1.29, 1.82) is 0 Å². The Kier molecular flexibility index (Phi) is 6.92. The van der Waals surface area contributed by atoms with Gasteiger partial charge in [-0.15, -0.1) is 0 Å². The van der Waals surface area contributed by atoms with E-state index < -0.39 is 21.7 Å². The number of aromatic nitrogens is 1. The van der Waals surface area contributed by atoms with E-state index in [0.29, 0.717) is 23.6 Å². The van der Waals surface area contributed by atoms with Gasteiger partial charge < -0.3 is 4.74 Å². The van der Waals surface area contributed by atoms with Crippen molar-refractivity contribution in [3.05, 3.63) is 77.2 Å². The Hall–Kier alpha value is -2.97. The van der Waals surface area contributed by atoms with Crippen molar-refractivity contribution in [2.24, 2.45) is 5.92 Å². The van der Waals surface area contributed by atoms with Gasteiger partial charge in [0.2, 0.25) is 0 Å². The van der Waals surface area contributed by atoms with Crippen LogP contribution < -0.4 is 9.46 Å². The van der Waals surface area contributed by atoms with E-state index in [2.05, 4.69) is 4.98 Å². The second-order valence-corrected chi connectivity index (χ2v) is 9.20. The highest BCUT2D eigenvalue weighted by Crippen LogP contribution is 2.27. The molecule has 2 aromatic carbocycles. The third kappa shape index (κ3) is 5.80. The number of ether oxygens (including phenoxy) is 1. The predicted octanol–water partition coefficient (Wildman–Crippen LogP) is 4.69. The van der Waals surface area contributed by atoms with Crippen LogP contribution in [0.25, 0.3) is 11.3 Å². The smallest absolute Gasteiger partial charge is 0.268 e. The van der Waals surface area contributed by atoms with Gasteiger partial charge in [0.1, 0.15) is 16.7 Å². The lowest BCUT2D eigenvalue weighted by atomic mass is 10.1. The number of nitrogens with zero attached hydrogens (tertiary/aromatic N) is 1. The molecule has 162 valence electrons. The van der Waals surface area contributed by atoms with E-state index >= 15 is 0 Å². The van der Waals surface area contributed by atoms with Crippen LogP contribution in [0.1, 0.15) is 24.2 Å². The summed E-state index contributed by atoms with van der Waals surface area (Å²) in [5, 5.41) is -0.216. The molecule has 31 heavy (non-hydrogen) atoms. The summed E-state index contributed by atoms with van der Waals surface area (Å²) < 4.78 is 46.3. The van der Waals surface area contributed by atoms with E-state index in [-0.39, 0.29) is 21.5 Å². The predicted molar refractivity (Wildman–Crippen MR) is 116 cm³/mol. The number of pyridine rings is 1. The number of halogens is 2. The zero-order chi connectivity index (χ0) is 22.6. The first kappa shape index (κ1) is 22.7. The number of hydrogen-bond donors (Lipinski definition) is 1. The molecule has 0 radical (unpaired) electrons. The van der Waals surface area contributed by atoms with Crippen LogP contribution in [-0.2, 0) is 10.0 Å². The quantitative estimate of drug-likeness (QED) is 0.514. The van der Waals surface area contributed by atoms with E-state index in [9.17, 15) is 17.6 Å². The van der Waals surface area contributed by atoms with Gasteiger partial charge >= 0.3 is 0 Å². The van der Waals surface area contributed by atoms with Crippen molar-refractivity contribution >= 4 is 27.5 Å². The molecule has 0 bridgehead atoms. The van der Waals surface area contributed by atoms with Crippen LogP contribution in [0.15, 0.2) is 65.6 Å². The summed E-state index contributed by atoms with van der Waals surface area (Å²) in [4.78, 5) is 16.5. The van der Waals surface area contributed by atoms with Gasteiger partial charge in [-0.05, 0) is 42.3 Å². The summed E-state index contributed by atoms with van der Waals surface area (Å²) in [5.41, 5.74) is 0.587. The molecule has 0 atom stereocenters. The first-order valence-corrected chi connectivity index (χ1v) is 11.2. The molecule has 0 aliphatic heterocycles. The summed E-state index contributed by atoms with van der Waals surface area (Å²) in [6, 6.07) is 14.4. The zero-order valence-corrected chi connectivity index (χ0v) is 18.4. The minimum Gasteiger partial charge on any atom is -0.493 e. The lowest BCUT2D eigenvalue weighted by Crippen LogP contribution is -2.30. The number of nitrogens with one attached hydrogen (secondary N) is 1. The van der Waals surface area contributed by atoms with Crippen molar-refractivity contribution in [1.82, 2.24) is 9.71 Å². The zero-order valence-electron chi connectivity index (χ0n) is 16.8. The van der Waals surface area contributed by atoms with E-state index in [4.69, 9.17) is 16.3 Å². The van der Waals surface area contributed by atoms with Gasteiger partial charge in [0, 0.05) is 11.6 Å². The summed E-state index contributed by atoms with van der Waals surface area (Å²) in [7, 11) is -4.06. The highest BCUT2D eigenvalue weighted by atomic mass is 35.5. The molecular weight excluding hydrogens is 443 g/mol. The average molecular weight is 463 g/mol. The number of sulfonamides is 1. The third-order valence-electron chi connectivity index (χ3n) is 4.12. The molecule has 0 aliphatic rings. The number of carbonyl (C=O) groups excluding carboxylic acids is 1. The van der Waals surface area contributed by atoms with Gasteiger partial charge in [-0.1, -0.05) is 43.6 Å². The molecule has 0 saturated heterocycles. The van der Waals surface area contributed by atoms with Crippen LogP contribution in [-0.4, -0.2) is 25.9 Å². The SMILES string of the molecule is CC(C)COc1cc(F)cc(-c2ccc(C(=O)NS(=O)(=O)c3ccccc3)c(Cl)n2)c1.